The number of fused-ring (bicyclic) bond motifs is 1. The van der Waals surface area contributed by atoms with E-state index in [1.807, 2.05) is 27.4 Å². The summed E-state index contributed by atoms with van der Waals surface area (Å²) >= 11 is 0. The van der Waals surface area contributed by atoms with E-state index in [4.69, 9.17) is 14.3 Å². The van der Waals surface area contributed by atoms with Crippen LogP contribution in [-0.2, 0) is 19.1 Å². The number of hydrogen-bond donors (Lipinski definition) is 1. The monoisotopic (exact) mass is 393 g/mol. The topological polar surface area (TPSA) is 105 Å². The second-order valence-corrected chi connectivity index (χ2v) is 5.70. The Balaban J connectivity index is 0. The Morgan fingerprint density at radius 3 is 2.29 bits per heavy atom. The number of methoxy groups -OCH3 is 1. The van der Waals surface area contributed by atoms with Gasteiger partial charge in [-0.05, 0) is 44.7 Å². The van der Waals surface area contributed by atoms with E-state index in [9.17, 15) is 9.59 Å². The van der Waals surface area contributed by atoms with Crippen molar-refractivity contribution >= 4 is 43.5 Å². The second kappa shape index (κ2) is 15.1. The van der Waals surface area contributed by atoms with Gasteiger partial charge in [0.05, 0.1) is 24.0 Å². The summed E-state index contributed by atoms with van der Waals surface area (Å²) in [5.41, 5.74) is 3.10. The number of amides is 1. The second-order valence-electron chi connectivity index (χ2n) is 5.70. The molecule has 1 heterocycles. The fourth-order valence-electron chi connectivity index (χ4n) is 2.58. The zero-order chi connectivity index (χ0) is 22.3. The Bertz CT molecular complexity index is 647. The summed E-state index contributed by atoms with van der Waals surface area (Å²) in [7, 11) is 3.00. The van der Waals surface area contributed by atoms with E-state index in [2.05, 4.69) is 24.0 Å². The van der Waals surface area contributed by atoms with Gasteiger partial charge in [-0.1, -0.05) is 13.3 Å². The highest BCUT2D eigenvalue weighted by Crippen LogP contribution is 2.36. The first-order chi connectivity index (χ1) is 13.4. The van der Waals surface area contributed by atoms with Crippen molar-refractivity contribution in [3.8, 4) is 0 Å². The maximum atomic E-state index is 12.4. The molecule has 0 fully saturated rings. The van der Waals surface area contributed by atoms with Gasteiger partial charge in [-0.25, -0.2) is 4.79 Å². The van der Waals surface area contributed by atoms with E-state index in [1.54, 1.807) is 24.1 Å². The van der Waals surface area contributed by atoms with E-state index >= 15 is 0 Å². The third-order valence-corrected chi connectivity index (χ3v) is 3.76. The molecule has 1 aromatic carbocycles. The molecule has 0 saturated heterocycles. The lowest BCUT2D eigenvalue weighted by Gasteiger charge is -2.35. The summed E-state index contributed by atoms with van der Waals surface area (Å²) in [4.78, 5) is 45.2. The number of carbonyl (C=O) groups is 4. The highest BCUT2D eigenvalue weighted by atomic mass is 16.5. The number of aliphatic imine (C=N–C) groups is 1. The van der Waals surface area contributed by atoms with E-state index in [1.165, 1.54) is 7.11 Å². The number of anilines is 2. The molecule has 0 unspecified atom stereocenters. The number of hydrogen-bond acceptors (Lipinski definition) is 7. The molecule has 8 nitrogen and oxygen atoms in total. The van der Waals surface area contributed by atoms with Crippen molar-refractivity contribution < 1.29 is 23.9 Å². The van der Waals surface area contributed by atoms with Crippen LogP contribution in [0.2, 0.25) is 0 Å². The van der Waals surface area contributed by atoms with Crippen molar-refractivity contribution in [2.24, 2.45) is 4.99 Å². The molecule has 8 heteroatoms. The van der Waals surface area contributed by atoms with E-state index in [0.717, 1.165) is 29.8 Å². The van der Waals surface area contributed by atoms with Gasteiger partial charge in [0.1, 0.15) is 19.6 Å². The highest BCUT2D eigenvalue weighted by Gasteiger charge is 2.31. The summed E-state index contributed by atoms with van der Waals surface area (Å²) in [5, 5.41) is 3.23. The number of benzene rings is 1. The standard InChI is InChI=1S/C16H22N2O3.C2H5N.2CH2O/c1-5-6-7-18-13-9-12(16(20)21-4)8-10(2)14(13)17-11(3)15(18)19;1-3-2;2*1-2/h8-9,11,17H,5-7H2,1-4H3;1H2,2H3;2*1H2/t11-;;;/m0.../s1. The van der Waals surface area contributed by atoms with Gasteiger partial charge < -0.3 is 29.5 Å². The lowest BCUT2D eigenvalue weighted by Crippen LogP contribution is -2.46. The Labute approximate surface area is 167 Å². The molecular weight excluding hydrogens is 362 g/mol. The number of esters is 1. The summed E-state index contributed by atoms with van der Waals surface area (Å²) in [5.74, 6) is -0.347. The van der Waals surface area contributed by atoms with Gasteiger partial charge in [-0.15, -0.1) is 0 Å². The summed E-state index contributed by atoms with van der Waals surface area (Å²) < 4.78 is 4.78. The minimum Gasteiger partial charge on any atom is -0.465 e. The molecule has 0 bridgehead atoms. The number of nitrogens with one attached hydrogen (secondary N) is 1. The number of aryl methyl sites for hydroxylation is 1. The molecular formula is C20H31N3O5. The van der Waals surface area contributed by atoms with Gasteiger partial charge in [0.15, 0.2) is 0 Å². The van der Waals surface area contributed by atoms with E-state index < -0.39 is 0 Å². The van der Waals surface area contributed by atoms with Gasteiger partial charge >= 0.3 is 5.97 Å². The molecule has 1 amide bonds. The number of carbonyl (C=O) groups excluding carboxylic acids is 4. The third kappa shape index (κ3) is 7.30. The molecule has 0 saturated carbocycles. The van der Waals surface area contributed by atoms with Crippen LogP contribution in [0.25, 0.3) is 0 Å². The largest absolute Gasteiger partial charge is 0.465 e. The van der Waals surface area contributed by atoms with E-state index in [0.29, 0.717) is 12.1 Å². The molecule has 1 aliphatic heterocycles. The molecule has 28 heavy (non-hydrogen) atoms. The summed E-state index contributed by atoms with van der Waals surface area (Å²) in [6.45, 7) is 13.7. The Morgan fingerprint density at radius 2 is 1.82 bits per heavy atom. The molecule has 2 rings (SSSR count). The predicted octanol–water partition coefficient (Wildman–Crippen LogP) is 2.68. The Kier molecular flexibility index (Phi) is 14.6. The van der Waals surface area contributed by atoms with Crippen LogP contribution in [0.15, 0.2) is 17.1 Å². The van der Waals surface area contributed by atoms with Gasteiger partial charge in [-0.2, -0.15) is 0 Å². The molecule has 0 radical (unpaired) electrons. The third-order valence-electron chi connectivity index (χ3n) is 3.76. The smallest absolute Gasteiger partial charge is 0.337 e. The van der Waals surface area contributed by atoms with Gasteiger partial charge in [0, 0.05) is 13.6 Å². The molecule has 1 aliphatic rings. The number of unbranched alkanes of at least 4 members (excludes halogenated alkanes) is 1. The van der Waals surface area contributed by atoms with Crippen LogP contribution in [0.5, 0.6) is 0 Å². The van der Waals surface area contributed by atoms with Crippen molar-refractivity contribution in [1.29, 1.82) is 0 Å². The number of ether oxygens (including phenoxy) is 1. The average molecular weight is 393 g/mol. The van der Waals surface area contributed by atoms with Crippen LogP contribution in [0.4, 0.5) is 11.4 Å². The molecule has 156 valence electrons. The van der Waals surface area contributed by atoms with Crippen LogP contribution < -0.4 is 10.2 Å². The van der Waals surface area contributed by atoms with Crippen molar-refractivity contribution in [1.82, 2.24) is 0 Å². The summed E-state index contributed by atoms with van der Waals surface area (Å²) in [6, 6.07) is 3.27. The minimum absolute atomic E-state index is 0.0392. The zero-order valence-electron chi connectivity index (χ0n) is 17.4. The first kappa shape index (κ1) is 27.2. The maximum absolute atomic E-state index is 12.4. The first-order valence-corrected chi connectivity index (χ1v) is 8.64. The van der Waals surface area contributed by atoms with Gasteiger partial charge in [0.2, 0.25) is 5.91 Å². The fraction of sp³-hybridized carbons (Fsp3) is 0.450. The van der Waals surface area contributed by atoms with Gasteiger partial charge in [-0.3, -0.25) is 4.79 Å². The zero-order valence-corrected chi connectivity index (χ0v) is 17.4. The van der Waals surface area contributed by atoms with Crippen molar-refractivity contribution in [3.05, 3.63) is 23.3 Å². The van der Waals surface area contributed by atoms with Gasteiger partial charge in [0.25, 0.3) is 0 Å². The predicted molar refractivity (Wildman–Crippen MR) is 113 cm³/mol. The van der Waals surface area contributed by atoms with E-state index in [-0.39, 0.29) is 17.9 Å². The molecule has 1 N–H and O–H groups in total. The van der Waals surface area contributed by atoms with Crippen molar-refractivity contribution in [3.63, 3.8) is 0 Å². The van der Waals surface area contributed by atoms with Crippen molar-refractivity contribution in [2.45, 2.75) is 39.7 Å². The fourth-order valence-corrected chi connectivity index (χ4v) is 2.58. The molecule has 0 aromatic heterocycles. The van der Waals surface area contributed by atoms with Crippen LogP contribution in [0.1, 0.15) is 42.6 Å². The Morgan fingerprint density at radius 1 is 1.29 bits per heavy atom. The minimum atomic E-state index is -0.387. The lowest BCUT2D eigenvalue weighted by molar-refractivity contribution is -0.119. The van der Waals surface area contributed by atoms with Crippen molar-refractivity contribution in [2.75, 3.05) is 30.9 Å². The van der Waals surface area contributed by atoms with Crippen LogP contribution in [-0.4, -0.2) is 58.9 Å². The Hall–Kier alpha value is -3.03. The van der Waals surface area contributed by atoms with Crippen LogP contribution >= 0.6 is 0 Å². The molecule has 0 spiro atoms. The maximum Gasteiger partial charge on any atom is 0.337 e. The summed E-state index contributed by atoms with van der Waals surface area (Å²) in [6.07, 6.45) is 1.94. The number of rotatable bonds is 4. The highest BCUT2D eigenvalue weighted by molar-refractivity contribution is 6.06. The number of nitrogens with zero attached hydrogens (tertiary/aromatic N) is 2. The average Bonchev–Trinajstić information content (AvgIpc) is 2.72. The first-order valence-electron chi connectivity index (χ1n) is 8.64. The van der Waals surface area contributed by atoms with Crippen LogP contribution in [0, 0.1) is 6.92 Å². The SMILES string of the molecule is C=NC.C=O.C=O.CCCCN1C(=O)[C@H](C)Nc2c(C)cc(C(=O)OC)cc21. The molecule has 1 aromatic rings. The quantitative estimate of drug-likeness (QED) is 0.623. The molecule has 1 atom stereocenters. The molecule has 0 aliphatic carbocycles. The normalized spacial score (nSPS) is 13.7. The lowest BCUT2D eigenvalue weighted by atomic mass is 10.0. The van der Waals surface area contributed by atoms with Crippen LogP contribution in [0.3, 0.4) is 0 Å².